The second-order valence-electron chi connectivity index (χ2n) is 3.41. The van der Waals surface area contributed by atoms with Gasteiger partial charge in [-0.15, -0.1) is 0 Å². The lowest BCUT2D eigenvalue weighted by molar-refractivity contribution is -0.173. The van der Waals surface area contributed by atoms with Gasteiger partial charge in [-0.05, 0) is 18.6 Å². The Hall–Kier alpha value is -1.43. The number of hydrogen-bond donors (Lipinski definition) is 0. The minimum absolute atomic E-state index is 0.0852. The first-order chi connectivity index (χ1) is 7.99. The van der Waals surface area contributed by atoms with E-state index in [9.17, 15) is 18.0 Å². The molecule has 0 atom stereocenters. The van der Waals surface area contributed by atoms with Crippen LogP contribution in [0.2, 0.25) is 0 Å². The zero-order valence-corrected chi connectivity index (χ0v) is 9.04. The van der Waals surface area contributed by atoms with Gasteiger partial charge in [-0.25, -0.2) is 0 Å². The van der Waals surface area contributed by atoms with E-state index in [2.05, 4.69) is 9.72 Å². The average molecular weight is 247 g/mol. The predicted molar refractivity (Wildman–Crippen MR) is 54.7 cm³/mol. The zero-order chi connectivity index (χ0) is 12.7. The predicted octanol–water partition coefficient (Wildman–Crippen LogP) is 2.62. The largest absolute Gasteiger partial charge is 0.411 e. The van der Waals surface area contributed by atoms with Crippen molar-refractivity contribution in [3.63, 3.8) is 0 Å². The number of carbonyl (C=O) groups is 1. The molecule has 0 N–H and O–H groups in total. The zero-order valence-electron chi connectivity index (χ0n) is 9.04. The summed E-state index contributed by atoms with van der Waals surface area (Å²) in [6, 6.07) is 4.93. The summed E-state index contributed by atoms with van der Waals surface area (Å²) in [5.74, 6) is -0.193. The van der Waals surface area contributed by atoms with Gasteiger partial charge in [-0.2, -0.15) is 13.2 Å². The smallest absolute Gasteiger partial charge is 0.372 e. The molecule has 0 aliphatic heterocycles. The van der Waals surface area contributed by atoms with E-state index in [1.54, 1.807) is 18.2 Å². The van der Waals surface area contributed by atoms with E-state index in [0.29, 0.717) is 5.69 Å². The number of hydrogen-bond acceptors (Lipinski definition) is 3. The maximum Gasteiger partial charge on any atom is 0.411 e. The number of alkyl halides is 3. The van der Waals surface area contributed by atoms with Crippen LogP contribution < -0.4 is 0 Å². The lowest BCUT2D eigenvalue weighted by Gasteiger charge is -2.06. The van der Waals surface area contributed by atoms with Gasteiger partial charge in [0.25, 0.3) is 0 Å². The van der Waals surface area contributed by atoms with Crippen molar-refractivity contribution >= 4 is 5.78 Å². The van der Waals surface area contributed by atoms with Crippen LogP contribution in [0.25, 0.3) is 0 Å². The van der Waals surface area contributed by atoms with Crippen molar-refractivity contribution in [2.24, 2.45) is 0 Å². The number of nitrogens with zero attached hydrogens (tertiary/aromatic N) is 1. The molecule has 0 spiro atoms. The Morgan fingerprint density at radius 1 is 1.35 bits per heavy atom. The lowest BCUT2D eigenvalue weighted by Crippen LogP contribution is -2.17. The molecule has 0 aliphatic rings. The van der Waals surface area contributed by atoms with Gasteiger partial charge >= 0.3 is 6.18 Å². The number of halogens is 3. The quantitative estimate of drug-likeness (QED) is 0.573. The Labute approximate surface area is 96.6 Å². The highest BCUT2D eigenvalue weighted by molar-refractivity contribution is 5.94. The molecule has 1 aromatic rings. The van der Waals surface area contributed by atoms with Gasteiger partial charge < -0.3 is 4.74 Å². The Morgan fingerprint density at radius 3 is 2.71 bits per heavy atom. The van der Waals surface area contributed by atoms with Crippen molar-refractivity contribution in [1.29, 1.82) is 0 Å². The molecule has 0 unspecified atom stereocenters. The first kappa shape index (κ1) is 13.6. The van der Waals surface area contributed by atoms with Crippen LogP contribution in [0, 0.1) is 0 Å². The topological polar surface area (TPSA) is 39.2 Å². The van der Waals surface area contributed by atoms with Crippen molar-refractivity contribution in [3.05, 3.63) is 30.1 Å². The molecule has 0 amide bonds. The number of pyridine rings is 1. The monoisotopic (exact) mass is 247 g/mol. The summed E-state index contributed by atoms with van der Waals surface area (Å²) >= 11 is 0. The van der Waals surface area contributed by atoms with E-state index in [-0.39, 0.29) is 25.2 Å². The van der Waals surface area contributed by atoms with Gasteiger partial charge in [-0.3, -0.25) is 9.78 Å². The normalized spacial score (nSPS) is 11.5. The Balaban J connectivity index is 2.18. The van der Waals surface area contributed by atoms with Crippen molar-refractivity contribution in [1.82, 2.24) is 4.98 Å². The van der Waals surface area contributed by atoms with Gasteiger partial charge in [0, 0.05) is 19.2 Å². The van der Waals surface area contributed by atoms with Crippen molar-refractivity contribution in [2.75, 3.05) is 13.2 Å². The van der Waals surface area contributed by atoms with Gasteiger partial charge in [0.1, 0.15) is 12.3 Å². The van der Waals surface area contributed by atoms with Gasteiger partial charge in [0.05, 0.1) is 0 Å². The highest BCUT2D eigenvalue weighted by atomic mass is 19.4. The molecule has 1 rings (SSSR count). The number of ether oxygens (including phenoxy) is 1. The minimum atomic E-state index is -4.31. The van der Waals surface area contributed by atoms with Crippen LogP contribution in [-0.4, -0.2) is 30.2 Å². The molecule has 0 radical (unpaired) electrons. The molecule has 1 aromatic heterocycles. The number of ketones is 1. The van der Waals surface area contributed by atoms with E-state index in [4.69, 9.17) is 0 Å². The molecule has 6 heteroatoms. The molecule has 0 saturated carbocycles. The summed E-state index contributed by atoms with van der Waals surface area (Å²) in [7, 11) is 0. The molecule has 0 fully saturated rings. The standard InChI is InChI=1S/C11H12F3NO2/c12-11(13,14)8-17-7-3-5-10(16)9-4-1-2-6-15-9/h1-2,4,6H,3,5,7-8H2. The molecule has 0 bridgehead atoms. The van der Waals surface area contributed by atoms with Gasteiger partial charge in [0.15, 0.2) is 5.78 Å². The lowest BCUT2D eigenvalue weighted by atomic mass is 10.1. The van der Waals surface area contributed by atoms with E-state index in [1.807, 2.05) is 0 Å². The average Bonchev–Trinajstić information content (AvgIpc) is 2.28. The molecular weight excluding hydrogens is 235 g/mol. The van der Waals surface area contributed by atoms with E-state index in [0.717, 1.165) is 0 Å². The highest BCUT2D eigenvalue weighted by Crippen LogP contribution is 2.14. The fourth-order valence-electron chi connectivity index (χ4n) is 1.18. The Kier molecular flexibility index (Phi) is 5.09. The third-order valence-corrected chi connectivity index (χ3v) is 1.91. The van der Waals surface area contributed by atoms with Crippen LogP contribution in [0.5, 0.6) is 0 Å². The summed E-state index contributed by atoms with van der Waals surface area (Å²) in [6.07, 6.45) is -2.43. The molecule has 0 aliphatic carbocycles. The molecule has 17 heavy (non-hydrogen) atoms. The molecule has 0 aromatic carbocycles. The number of carbonyl (C=O) groups excluding carboxylic acids is 1. The molecule has 3 nitrogen and oxygen atoms in total. The SMILES string of the molecule is O=C(CCCOCC(F)(F)F)c1ccccn1. The van der Waals surface area contributed by atoms with E-state index < -0.39 is 12.8 Å². The maximum atomic E-state index is 11.7. The second kappa shape index (κ2) is 6.34. The summed E-state index contributed by atoms with van der Waals surface area (Å²) in [4.78, 5) is 15.3. The summed E-state index contributed by atoms with van der Waals surface area (Å²) in [6.45, 7) is -1.36. The van der Waals surface area contributed by atoms with Gasteiger partial charge in [0.2, 0.25) is 0 Å². The van der Waals surface area contributed by atoms with Crippen molar-refractivity contribution < 1.29 is 22.7 Å². The first-order valence-corrected chi connectivity index (χ1v) is 5.08. The van der Waals surface area contributed by atoms with Gasteiger partial charge in [-0.1, -0.05) is 6.07 Å². The van der Waals surface area contributed by atoms with Crippen LogP contribution >= 0.6 is 0 Å². The van der Waals surface area contributed by atoms with Crippen LogP contribution in [-0.2, 0) is 4.74 Å². The van der Waals surface area contributed by atoms with Crippen LogP contribution in [0.15, 0.2) is 24.4 Å². The number of aromatic nitrogens is 1. The Morgan fingerprint density at radius 2 is 2.12 bits per heavy atom. The summed E-state index contributed by atoms with van der Waals surface area (Å²) in [5, 5.41) is 0. The number of Topliss-reactive ketones (excluding diaryl/α,β-unsaturated/α-hetero) is 1. The Bertz CT molecular complexity index is 351. The second-order valence-corrected chi connectivity index (χ2v) is 3.41. The fourth-order valence-corrected chi connectivity index (χ4v) is 1.18. The molecule has 0 saturated heterocycles. The summed E-state index contributed by atoms with van der Waals surface area (Å²) < 4.78 is 39.5. The number of rotatable bonds is 6. The van der Waals surface area contributed by atoms with Crippen molar-refractivity contribution in [2.45, 2.75) is 19.0 Å². The maximum absolute atomic E-state index is 11.7. The molecular formula is C11H12F3NO2. The minimum Gasteiger partial charge on any atom is -0.372 e. The summed E-state index contributed by atoms with van der Waals surface area (Å²) in [5.41, 5.74) is 0.323. The van der Waals surface area contributed by atoms with Crippen LogP contribution in [0.4, 0.5) is 13.2 Å². The molecule has 1 heterocycles. The fraction of sp³-hybridized carbons (Fsp3) is 0.455. The third kappa shape index (κ3) is 6.01. The van der Waals surface area contributed by atoms with Crippen LogP contribution in [0.3, 0.4) is 0 Å². The van der Waals surface area contributed by atoms with Crippen LogP contribution in [0.1, 0.15) is 23.3 Å². The highest BCUT2D eigenvalue weighted by Gasteiger charge is 2.27. The van der Waals surface area contributed by atoms with E-state index >= 15 is 0 Å². The first-order valence-electron chi connectivity index (χ1n) is 5.08. The van der Waals surface area contributed by atoms with E-state index in [1.165, 1.54) is 6.20 Å². The molecule has 94 valence electrons. The van der Waals surface area contributed by atoms with Crippen molar-refractivity contribution in [3.8, 4) is 0 Å². The third-order valence-electron chi connectivity index (χ3n) is 1.91.